The molecule has 6 heterocycles. The predicted octanol–water partition coefficient (Wildman–Crippen LogP) is 5.59. The lowest BCUT2D eigenvalue weighted by Crippen LogP contribution is -2.37. The Bertz CT molecular complexity index is 2310. The summed E-state index contributed by atoms with van der Waals surface area (Å²) < 4.78 is 3.29. The van der Waals surface area contributed by atoms with E-state index >= 15 is 0 Å². The van der Waals surface area contributed by atoms with E-state index in [1.165, 1.54) is 0 Å². The van der Waals surface area contributed by atoms with E-state index in [0.717, 1.165) is 43.8 Å². The molecule has 0 N–H and O–H groups in total. The molecule has 0 saturated carbocycles. The molecule has 42 heavy (non-hydrogen) atoms. The summed E-state index contributed by atoms with van der Waals surface area (Å²) in [4.78, 5) is 37.1. The Morgan fingerprint density at radius 3 is 1.45 bits per heavy atom. The first-order chi connectivity index (χ1) is 20.6. The third-order valence-electron chi connectivity index (χ3n) is 7.72. The Hall–Kier alpha value is -5.70. The van der Waals surface area contributed by atoms with Crippen LogP contribution >= 0.6 is 0 Å². The fourth-order valence-corrected chi connectivity index (χ4v) is 5.84. The van der Waals surface area contributed by atoms with E-state index in [4.69, 9.17) is 34.9 Å². The van der Waals surface area contributed by atoms with Gasteiger partial charge >= 0.3 is 0 Å². The van der Waals surface area contributed by atoms with Gasteiger partial charge in [0, 0.05) is 43.8 Å². The minimum Gasteiger partial charge on any atom is -0.275 e. The summed E-state index contributed by atoms with van der Waals surface area (Å²) in [5.74, 6) is 3.27. The van der Waals surface area contributed by atoms with Crippen molar-refractivity contribution in [2.75, 3.05) is 0 Å². The van der Waals surface area contributed by atoms with Crippen molar-refractivity contribution in [3.63, 3.8) is 0 Å². The van der Waals surface area contributed by atoms with E-state index in [-0.39, 0.29) is 0 Å². The van der Waals surface area contributed by atoms with Crippen molar-refractivity contribution in [1.82, 2.24) is 9.46 Å². The largest absolute Gasteiger partial charge is 0.275 e. The number of hydrogen-bond donors (Lipinski definition) is 0. The fraction of sp³-hybridized carbons (Fsp3) is 0.0909. The highest BCUT2D eigenvalue weighted by molar-refractivity contribution is 6.28. The second kappa shape index (κ2) is 8.90. The van der Waals surface area contributed by atoms with Gasteiger partial charge in [0.25, 0.3) is 0 Å². The first-order valence-corrected chi connectivity index (χ1v) is 13.7. The van der Waals surface area contributed by atoms with Gasteiger partial charge in [-0.25, -0.2) is 30.0 Å². The molecule has 6 bridgehead atoms. The predicted molar refractivity (Wildman–Crippen MR) is 167 cm³/mol. The molecular weight excluding hydrogens is 524 g/mol. The monoisotopic (exact) mass is 548 g/mol. The standard InChI is InChI=1S/C33H24N8O/c1-5-13-21-20(8-4)28-35-29(21)39-33-25-17-12-11-16-24(25)31-37-27-19(7-3)18(6-2)26(34-27)36-30-22-14-9-10-15-23(22)32(38-28)40(30)42-41(31)33/h5-17H,1H2,2-4H3/b18-6+,19-7-,20-8+,21-13+,36-26-,36-30?,37-27?,37-31-,38-28-,38-32?,39-29?,39-33-. The molecule has 4 aliphatic rings. The zero-order chi connectivity index (χ0) is 28.5. The summed E-state index contributed by atoms with van der Waals surface area (Å²) >= 11 is 0. The minimum atomic E-state index is 0.516. The smallest absolute Gasteiger partial charge is 0.183 e. The van der Waals surface area contributed by atoms with Crippen molar-refractivity contribution in [2.24, 2.45) is 30.0 Å². The Balaban J connectivity index is 1.65. The van der Waals surface area contributed by atoms with Crippen molar-refractivity contribution in [3.8, 4) is 0 Å². The van der Waals surface area contributed by atoms with Crippen molar-refractivity contribution in [3.05, 3.63) is 119 Å². The van der Waals surface area contributed by atoms with E-state index in [1.54, 1.807) is 15.5 Å². The summed E-state index contributed by atoms with van der Waals surface area (Å²) in [6, 6.07) is 16.0. The van der Waals surface area contributed by atoms with Gasteiger partial charge in [-0.2, -0.15) is 0 Å². The molecule has 0 unspecified atom stereocenters. The van der Waals surface area contributed by atoms with Crippen LogP contribution in [0.15, 0.2) is 138 Å². The van der Waals surface area contributed by atoms with Crippen LogP contribution < -0.4 is 15.9 Å². The second-order valence-electron chi connectivity index (χ2n) is 9.94. The summed E-state index contributed by atoms with van der Waals surface area (Å²) in [7, 11) is 0. The molecule has 9 nitrogen and oxygen atoms in total. The van der Waals surface area contributed by atoms with Gasteiger partial charge in [0.05, 0.1) is 0 Å². The molecule has 2 aromatic carbocycles. The summed E-state index contributed by atoms with van der Waals surface area (Å²) in [5.41, 5.74) is 4.59. The van der Waals surface area contributed by atoms with E-state index in [1.807, 2.05) is 93.6 Å². The van der Waals surface area contributed by atoms with Crippen LogP contribution in [0.5, 0.6) is 0 Å². The molecule has 4 aromatic rings. The zero-order valence-electron chi connectivity index (χ0n) is 23.2. The highest BCUT2D eigenvalue weighted by Crippen LogP contribution is 2.40. The molecule has 4 aliphatic heterocycles. The fourth-order valence-electron chi connectivity index (χ4n) is 5.84. The zero-order valence-corrected chi connectivity index (χ0v) is 23.2. The van der Waals surface area contributed by atoms with Crippen LogP contribution in [0.1, 0.15) is 20.8 Å². The number of allylic oxidation sites excluding steroid dienone is 5. The average Bonchev–Trinajstić information content (AvgIpc) is 3.70. The second-order valence-corrected chi connectivity index (χ2v) is 9.94. The van der Waals surface area contributed by atoms with E-state index in [0.29, 0.717) is 46.0 Å². The molecule has 0 amide bonds. The Morgan fingerprint density at radius 1 is 0.548 bits per heavy atom. The maximum Gasteiger partial charge on any atom is 0.183 e. The third-order valence-corrected chi connectivity index (χ3v) is 7.72. The Morgan fingerprint density at radius 2 is 0.976 bits per heavy atom. The number of aliphatic imine (C=N–C) groups is 4. The van der Waals surface area contributed by atoms with Crippen LogP contribution in [0.25, 0.3) is 21.5 Å². The molecule has 0 saturated heterocycles. The summed E-state index contributed by atoms with van der Waals surface area (Å²) in [5, 5.41) is 3.45. The molecule has 0 spiro atoms. The molecule has 0 aliphatic carbocycles. The van der Waals surface area contributed by atoms with Crippen LogP contribution in [0.2, 0.25) is 0 Å². The number of benzene rings is 2. The average molecular weight is 549 g/mol. The highest BCUT2D eigenvalue weighted by Gasteiger charge is 2.31. The minimum absolute atomic E-state index is 0.516. The number of nitrogens with zero attached hydrogens (tertiary/aromatic N) is 8. The molecular formula is C33H24N8O. The van der Waals surface area contributed by atoms with Crippen LogP contribution in [0.4, 0.5) is 11.6 Å². The number of amidine groups is 4. The van der Waals surface area contributed by atoms with Crippen molar-refractivity contribution in [2.45, 2.75) is 20.8 Å². The lowest BCUT2D eigenvalue weighted by Gasteiger charge is -2.12. The number of fused-ring (bicyclic) bond motifs is 8. The van der Waals surface area contributed by atoms with E-state index < -0.39 is 0 Å². The molecule has 0 atom stereocenters. The van der Waals surface area contributed by atoms with Gasteiger partial charge in [0.15, 0.2) is 46.0 Å². The quantitative estimate of drug-likeness (QED) is 0.305. The molecule has 8 rings (SSSR count). The van der Waals surface area contributed by atoms with Crippen LogP contribution in [-0.4, -0.2) is 32.8 Å². The SMILES string of the molecule is C=C/C=C1C2=NC(=N\c3c4ccccc4c4n3On3/c(c5ccccc5/c3=N/2)=N\C2=NC(=N\4)/C(=C/C)C/2=C/C)/C/1=C/C. The number of rotatable bonds is 1. The third kappa shape index (κ3) is 3.18. The van der Waals surface area contributed by atoms with Crippen LogP contribution in [0, 0.1) is 0 Å². The van der Waals surface area contributed by atoms with Crippen molar-refractivity contribution < 1.29 is 4.94 Å². The van der Waals surface area contributed by atoms with Gasteiger partial charge in [-0.15, -0.1) is 9.46 Å². The van der Waals surface area contributed by atoms with Gasteiger partial charge in [0.1, 0.15) is 0 Å². The molecule has 0 radical (unpaired) electrons. The summed E-state index contributed by atoms with van der Waals surface area (Å²) in [6.07, 6.45) is 9.67. The maximum absolute atomic E-state index is 6.80. The lowest BCUT2D eigenvalue weighted by atomic mass is 10.1. The van der Waals surface area contributed by atoms with Gasteiger partial charge in [0.2, 0.25) is 0 Å². The first-order valence-electron chi connectivity index (χ1n) is 13.7. The molecule has 9 heteroatoms. The van der Waals surface area contributed by atoms with Crippen molar-refractivity contribution >= 4 is 56.5 Å². The molecule has 202 valence electrons. The Kier molecular flexibility index (Phi) is 5.11. The van der Waals surface area contributed by atoms with Crippen LogP contribution in [0.3, 0.4) is 0 Å². The maximum atomic E-state index is 6.80. The lowest BCUT2D eigenvalue weighted by molar-refractivity contribution is 0.0302. The Labute approximate surface area is 240 Å². The van der Waals surface area contributed by atoms with Crippen molar-refractivity contribution in [1.29, 1.82) is 0 Å². The van der Waals surface area contributed by atoms with Gasteiger partial charge < -0.3 is 0 Å². The number of aromatic nitrogens is 2. The van der Waals surface area contributed by atoms with Gasteiger partial charge in [-0.3, -0.25) is 4.94 Å². The highest BCUT2D eigenvalue weighted by atomic mass is 16.8. The topological polar surface area (TPSA) is 93.2 Å². The summed E-state index contributed by atoms with van der Waals surface area (Å²) in [6.45, 7) is 9.87. The normalized spacial score (nSPS) is 24.8. The number of hydrogen-bond acceptors (Lipinski definition) is 7. The van der Waals surface area contributed by atoms with Crippen LogP contribution in [-0.2, 0) is 0 Å². The van der Waals surface area contributed by atoms with E-state index in [9.17, 15) is 0 Å². The first kappa shape index (κ1) is 24.1. The van der Waals surface area contributed by atoms with Gasteiger partial charge in [-0.1, -0.05) is 85.5 Å². The molecule has 2 aromatic heterocycles. The van der Waals surface area contributed by atoms with Gasteiger partial charge in [-0.05, 0) is 20.8 Å². The van der Waals surface area contributed by atoms with E-state index in [2.05, 4.69) is 6.58 Å². The molecule has 0 fully saturated rings.